The SMILES string of the molecule is O=C(Nc1nc(CCc2ccccc2)cs1)c1cccn1Cc1ccncc1. The molecule has 140 valence electrons. The Morgan fingerprint density at radius 1 is 0.964 bits per heavy atom. The molecule has 6 heteroatoms. The molecule has 0 aliphatic rings. The van der Waals surface area contributed by atoms with Crippen molar-refractivity contribution in [2.24, 2.45) is 0 Å². The van der Waals surface area contributed by atoms with E-state index >= 15 is 0 Å². The van der Waals surface area contributed by atoms with Crippen molar-refractivity contribution >= 4 is 22.4 Å². The summed E-state index contributed by atoms with van der Waals surface area (Å²) in [4.78, 5) is 21.3. The van der Waals surface area contributed by atoms with Gasteiger partial charge in [-0.25, -0.2) is 4.98 Å². The molecule has 0 aliphatic heterocycles. The van der Waals surface area contributed by atoms with Crippen molar-refractivity contribution in [3.8, 4) is 0 Å². The van der Waals surface area contributed by atoms with E-state index in [0.717, 1.165) is 24.1 Å². The van der Waals surface area contributed by atoms with E-state index in [4.69, 9.17) is 0 Å². The zero-order valence-corrected chi connectivity index (χ0v) is 16.1. The minimum atomic E-state index is -0.150. The first-order chi connectivity index (χ1) is 13.8. The van der Waals surface area contributed by atoms with Crippen LogP contribution in [0.1, 0.15) is 27.3 Å². The van der Waals surface area contributed by atoms with Crippen LogP contribution in [0.25, 0.3) is 0 Å². The highest BCUT2D eigenvalue weighted by Crippen LogP contribution is 2.18. The molecule has 0 atom stereocenters. The number of pyridine rings is 1. The lowest BCUT2D eigenvalue weighted by Gasteiger charge is -2.08. The molecule has 1 N–H and O–H groups in total. The van der Waals surface area contributed by atoms with Crippen LogP contribution in [0.5, 0.6) is 0 Å². The molecule has 0 spiro atoms. The van der Waals surface area contributed by atoms with Gasteiger partial charge in [-0.15, -0.1) is 11.3 Å². The Labute approximate surface area is 167 Å². The summed E-state index contributed by atoms with van der Waals surface area (Å²) in [6, 6.07) is 17.9. The van der Waals surface area contributed by atoms with Gasteiger partial charge in [-0.1, -0.05) is 30.3 Å². The van der Waals surface area contributed by atoms with Crippen molar-refractivity contribution in [2.75, 3.05) is 5.32 Å². The van der Waals surface area contributed by atoms with Crippen LogP contribution in [0.15, 0.2) is 78.6 Å². The van der Waals surface area contributed by atoms with Crippen molar-refractivity contribution in [2.45, 2.75) is 19.4 Å². The van der Waals surface area contributed by atoms with Crippen LogP contribution >= 0.6 is 11.3 Å². The van der Waals surface area contributed by atoms with E-state index in [9.17, 15) is 4.79 Å². The number of nitrogens with zero attached hydrogens (tertiary/aromatic N) is 3. The van der Waals surface area contributed by atoms with Gasteiger partial charge in [-0.05, 0) is 48.2 Å². The van der Waals surface area contributed by atoms with Crippen LogP contribution in [0.4, 0.5) is 5.13 Å². The molecule has 0 bridgehead atoms. The monoisotopic (exact) mass is 388 g/mol. The number of benzene rings is 1. The summed E-state index contributed by atoms with van der Waals surface area (Å²) in [6.07, 6.45) is 7.21. The number of carbonyl (C=O) groups excluding carboxylic acids is 1. The quantitative estimate of drug-likeness (QED) is 0.510. The van der Waals surface area contributed by atoms with E-state index in [1.807, 2.05) is 58.6 Å². The van der Waals surface area contributed by atoms with E-state index in [2.05, 4.69) is 27.4 Å². The molecule has 0 aliphatic carbocycles. The second-order valence-corrected chi connectivity index (χ2v) is 7.32. The molecule has 0 unspecified atom stereocenters. The predicted molar refractivity (Wildman–Crippen MR) is 112 cm³/mol. The van der Waals surface area contributed by atoms with Gasteiger partial charge in [-0.3, -0.25) is 15.1 Å². The summed E-state index contributed by atoms with van der Waals surface area (Å²) < 4.78 is 1.93. The average molecular weight is 388 g/mol. The third kappa shape index (κ3) is 4.53. The fraction of sp³-hybridized carbons (Fsp3) is 0.136. The average Bonchev–Trinajstić information content (AvgIpc) is 3.37. The standard InChI is InChI=1S/C22H20N4OS/c27-21(20-7-4-14-26(20)15-18-10-12-23-13-11-18)25-22-24-19(16-28-22)9-8-17-5-2-1-3-6-17/h1-7,10-14,16H,8-9,15H2,(H,24,25,27). The Hall–Kier alpha value is -3.25. The number of anilines is 1. The van der Waals surface area contributed by atoms with Gasteiger partial charge in [0, 0.05) is 30.5 Å². The minimum Gasteiger partial charge on any atom is -0.339 e. The van der Waals surface area contributed by atoms with Gasteiger partial charge >= 0.3 is 0 Å². The number of rotatable bonds is 7. The van der Waals surface area contributed by atoms with Crippen molar-refractivity contribution in [1.29, 1.82) is 0 Å². The first-order valence-electron chi connectivity index (χ1n) is 9.11. The molecule has 0 fully saturated rings. The van der Waals surface area contributed by atoms with Crippen LogP contribution in [0.2, 0.25) is 0 Å². The van der Waals surface area contributed by atoms with Gasteiger partial charge in [-0.2, -0.15) is 0 Å². The maximum absolute atomic E-state index is 12.7. The Morgan fingerprint density at radius 3 is 2.61 bits per heavy atom. The zero-order valence-electron chi connectivity index (χ0n) is 15.3. The van der Waals surface area contributed by atoms with Crippen LogP contribution in [0, 0.1) is 0 Å². The third-order valence-corrected chi connectivity index (χ3v) is 5.26. The maximum atomic E-state index is 12.7. The third-order valence-electron chi connectivity index (χ3n) is 4.45. The van der Waals surface area contributed by atoms with Gasteiger partial charge in [0.25, 0.3) is 5.91 Å². The van der Waals surface area contributed by atoms with Gasteiger partial charge in [0.2, 0.25) is 0 Å². The Bertz CT molecular complexity index is 1040. The lowest BCUT2D eigenvalue weighted by atomic mass is 10.1. The molecular formula is C22H20N4OS. The largest absolute Gasteiger partial charge is 0.339 e. The number of carbonyl (C=O) groups is 1. The van der Waals surface area contributed by atoms with Gasteiger partial charge < -0.3 is 4.57 Å². The molecule has 1 aromatic carbocycles. The van der Waals surface area contributed by atoms with Crippen molar-refractivity contribution < 1.29 is 4.79 Å². The second kappa shape index (κ2) is 8.63. The molecule has 4 rings (SSSR count). The molecule has 0 saturated carbocycles. The minimum absolute atomic E-state index is 0.150. The van der Waals surface area contributed by atoms with E-state index in [-0.39, 0.29) is 5.91 Å². The highest BCUT2D eigenvalue weighted by atomic mass is 32.1. The van der Waals surface area contributed by atoms with Crippen molar-refractivity contribution in [3.63, 3.8) is 0 Å². The molecular weight excluding hydrogens is 368 g/mol. The first kappa shape index (κ1) is 18.1. The fourth-order valence-electron chi connectivity index (χ4n) is 3.00. The highest BCUT2D eigenvalue weighted by molar-refractivity contribution is 7.13. The highest BCUT2D eigenvalue weighted by Gasteiger charge is 2.13. The Balaban J connectivity index is 1.38. The van der Waals surface area contributed by atoms with Crippen molar-refractivity contribution in [1.82, 2.24) is 14.5 Å². The zero-order chi connectivity index (χ0) is 19.2. The molecule has 0 radical (unpaired) electrons. The fourth-order valence-corrected chi connectivity index (χ4v) is 3.74. The number of nitrogens with one attached hydrogen (secondary N) is 1. The molecule has 0 saturated heterocycles. The van der Waals surface area contributed by atoms with Gasteiger partial charge in [0.05, 0.1) is 5.69 Å². The van der Waals surface area contributed by atoms with E-state index in [1.165, 1.54) is 16.9 Å². The summed E-state index contributed by atoms with van der Waals surface area (Å²) in [5, 5.41) is 5.56. The Kier molecular flexibility index (Phi) is 5.58. The van der Waals surface area contributed by atoms with E-state index in [1.54, 1.807) is 12.4 Å². The topological polar surface area (TPSA) is 59.8 Å². The number of hydrogen-bond donors (Lipinski definition) is 1. The van der Waals surface area contributed by atoms with E-state index < -0.39 is 0 Å². The normalized spacial score (nSPS) is 10.7. The predicted octanol–water partition coefficient (Wildman–Crippen LogP) is 4.43. The summed E-state index contributed by atoms with van der Waals surface area (Å²) in [5.41, 5.74) is 3.99. The number of aryl methyl sites for hydroxylation is 2. The summed E-state index contributed by atoms with van der Waals surface area (Å²) in [6.45, 7) is 0.623. The lowest BCUT2D eigenvalue weighted by molar-refractivity contribution is 0.101. The van der Waals surface area contributed by atoms with Gasteiger partial charge in [0.15, 0.2) is 5.13 Å². The van der Waals surface area contributed by atoms with Crippen LogP contribution in [-0.4, -0.2) is 20.4 Å². The first-order valence-corrected chi connectivity index (χ1v) is 9.99. The number of hydrogen-bond acceptors (Lipinski definition) is 4. The molecule has 3 aromatic heterocycles. The van der Waals surface area contributed by atoms with Crippen LogP contribution in [0.3, 0.4) is 0 Å². The summed E-state index contributed by atoms with van der Waals surface area (Å²) >= 11 is 1.46. The smallest absolute Gasteiger partial charge is 0.274 e. The Morgan fingerprint density at radius 2 is 1.79 bits per heavy atom. The number of amides is 1. The summed E-state index contributed by atoms with van der Waals surface area (Å²) in [7, 11) is 0. The molecule has 28 heavy (non-hydrogen) atoms. The number of thiazole rings is 1. The second-order valence-electron chi connectivity index (χ2n) is 6.46. The van der Waals surface area contributed by atoms with E-state index in [0.29, 0.717) is 17.4 Å². The molecule has 3 heterocycles. The van der Waals surface area contributed by atoms with Gasteiger partial charge in [0.1, 0.15) is 5.69 Å². The summed E-state index contributed by atoms with van der Waals surface area (Å²) in [5.74, 6) is -0.150. The maximum Gasteiger partial charge on any atom is 0.274 e. The molecule has 4 aromatic rings. The molecule has 1 amide bonds. The van der Waals surface area contributed by atoms with Crippen LogP contribution in [-0.2, 0) is 19.4 Å². The molecule has 5 nitrogen and oxygen atoms in total. The number of aromatic nitrogens is 3. The lowest BCUT2D eigenvalue weighted by Crippen LogP contribution is -2.17. The van der Waals surface area contributed by atoms with Crippen LogP contribution < -0.4 is 5.32 Å². The van der Waals surface area contributed by atoms with Crippen molar-refractivity contribution in [3.05, 3.63) is 101 Å².